The molecule has 1 aromatic carbocycles. The first-order chi connectivity index (χ1) is 7.16. The van der Waals surface area contributed by atoms with Gasteiger partial charge in [-0.3, -0.25) is 4.79 Å². The topological polar surface area (TPSA) is 26.3 Å². The first-order valence-electron chi connectivity index (χ1n) is 4.75. The maximum Gasteiger partial charge on any atom is 0.159 e. The van der Waals surface area contributed by atoms with Gasteiger partial charge in [0.05, 0.1) is 12.7 Å². The quantitative estimate of drug-likeness (QED) is 0.714. The van der Waals surface area contributed by atoms with Gasteiger partial charge in [0.25, 0.3) is 0 Å². The molecule has 0 spiro atoms. The Kier molecular flexibility index (Phi) is 2.77. The second-order valence-corrected chi connectivity index (χ2v) is 3.53. The van der Waals surface area contributed by atoms with Crippen LogP contribution < -0.4 is 0 Å². The van der Waals surface area contributed by atoms with Crippen molar-refractivity contribution in [3.05, 3.63) is 35.4 Å². The molecule has 0 bridgehead atoms. The van der Waals surface area contributed by atoms with Crippen LogP contribution >= 0.6 is 0 Å². The maximum absolute atomic E-state index is 12.9. The van der Waals surface area contributed by atoms with Gasteiger partial charge in [0.1, 0.15) is 5.78 Å². The largest absolute Gasteiger partial charge is 0.373 e. The third-order valence-electron chi connectivity index (χ3n) is 2.43. The first kappa shape index (κ1) is 10.2. The van der Waals surface area contributed by atoms with E-state index in [2.05, 4.69) is 0 Å². The fraction of sp³-hybridized carbons (Fsp3) is 0.364. The summed E-state index contributed by atoms with van der Waals surface area (Å²) in [5, 5.41) is 0. The molecule has 2 rings (SSSR count). The summed E-state index contributed by atoms with van der Waals surface area (Å²) < 4.78 is 30.9. The fourth-order valence-electron chi connectivity index (χ4n) is 1.61. The molecule has 1 saturated heterocycles. The van der Waals surface area contributed by atoms with Crippen LogP contribution in [0.25, 0.3) is 0 Å². The molecule has 15 heavy (non-hydrogen) atoms. The second-order valence-electron chi connectivity index (χ2n) is 3.53. The molecule has 1 aromatic rings. The van der Waals surface area contributed by atoms with Crippen LogP contribution in [0, 0.1) is 11.6 Å². The predicted molar refractivity (Wildman–Crippen MR) is 49.3 cm³/mol. The maximum atomic E-state index is 12.9. The van der Waals surface area contributed by atoms with Gasteiger partial charge in [0.15, 0.2) is 11.6 Å². The normalized spacial score (nSPS) is 21.7. The number of benzene rings is 1. The standard InChI is InChI=1S/C11H10F2O2/c12-9-2-1-7(5-10(9)13)11-6-8(14)3-4-15-11/h1-2,5,11H,3-4,6H2. The van der Waals surface area contributed by atoms with Gasteiger partial charge < -0.3 is 4.74 Å². The third-order valence-corrected chi connectivity index (χ3v) is 2.43. The minimum atomic E-state index is -0.908. The van der Waals surface area contributed by atoms with Crippen molar-refractivity contribution < 1.29 is 18.3 Å². The molecule has 1 fully saturated rings. The average molecular weight is 212 g/mol. The van der Waals surface area contributed by atoms with E-state index < -0.39 is 17.7 Å². The number of ketones is 1. The third kappa shape index (κ3) is 2.21. The molecule has 1 aliphatic rings. The number of Topliss-reactive ketones (excluding diaryl/α,β-unsaturated/α-hetero) is 1. The summed E-state index contributed by atoms with van der Waals surface area (Å²) in [5.74, 6) is -1.70. The van der Waals surface area contributed by atoms with E-state index in [9.17, 15) is 13.6 Å². The Bertz CT molecular complexity index is 390. The second kappa shape index (κ2) is 4.06. The van der Waals surface area contributed by atoms with E-state index in [1.54, 1.807) is 0 Å². The van der Waals surface area contributed by atoms with Crippen molar-refractivity contribution in [3.63, 3.8) is 0 Å². The van der Waals surface area contributed by atoms with Crippen LogP contribution in [0.15, 0.2) is 18.2 Å². The van der Waals surface area contributed by atoms with E-state index in [4.69, 9.17) is 4.74 Å². The highest BCUT2D eigenvalue weighted by molar-refractivity contribution is 5.79. The Labute approximate surface area is 85.9 Å². The average Bonchev–Trinajstić information content (AvgIpc) is 2.22. The van der Waals surface area contributed by atoms with Gasteiger partial charge in [0.2, 0.25) is 0 Å². The van der Waals surface area contributed by atoms with Crippen molar-refractivity contribution in [1.29, 1.82) is 0 Å². The monoisotopic (exact) mass is 212 g/mol. The molecule has 0 N–H and O–H groups in total. The van der Waals surface area contributed by atoms with Crippen LogP contribution in [-0.4, -0.2) is 12.4 Å². The zero-order valence-corrected chi connectivity index (χ0v) is 8.00. The van der Waals surface area contributed by atoms with E-state index in [1.165, 1.54) is 6.07 Å². The highest BCUT2D eigenvalue weighted by atomic mass is 19.2. The minimum Gasteiger partial charge on any atom is -0.373 e. The Balaban J connectivity index is 2.21. The highest BCUT2D eigenvalue weighted by Crippen LogP contribution is 2.26. The molecule has 0 saturated carbocycles. The predicted octanol–water partition coefficient (Wildman–Crippen LogP) is 2.39. The molecular formula is C11H10F2O2. The van der Waals surface area contributed by atoms with Crippen molar-refractivity contribution in [1.82, 2.24) is 0 Å². The molecule has 0 aliphatic carbocycles. The van der Waals surface area contributed by atoms with Crippen molar-refractivity contribution in [3.8, 4) is 0 Å². The molecule has 2 nitrogen and oxygen atoms in total. The molecule has 1 unspecified atom stereocenters. The smallest absolute Gasteiger partial charge is 0.159 e. The summed E-state index contributed by atoms with van der Waals surface area (Å²) in [5.41, 5.74) is 0.516. The lowest BCUT2D eigenvalue weighted by molar-refractivity contribution is -0.128. The lowest BCUT2D eigenvalue weighted by Crippen LogP contribution is -2.19. The number of carbonyl (C=O) groups is 1. The van der Waals surface area contributed by atoms with Gasteiger partial charge in [-0.15, -0.1) is 0 Å². The summed E-state index contributed by atoms with van der Waals surface area (Å²) >= 11 is 0. The van der Waals surface area contributed by atoms with Crippen LogP contribution in [0.3, 0.4) is 0 Å². The van der Waals surface area contributed by atoms with Gasteiger partial charge in [-0.05, 0) is 17.7 Å². The number of hydrogen-bond acceptors (Lipinski definition) is 2. The first-order valence-corrected chi connectivity index (χ1v) is 4.75. The van der Waals surface area contributed by atoms with Crippen LogP contribution in [0.4, 0.5) is 8.78 Å². The highest BCUT2D eigenvalue weighted by Gasteiger charge is 2.22. The molecular weight excluding hydrogens is 202 g/mol. The Morgan fingerprint density at radius 3 is 2.73 bits per heavy atom. The molecule has 4 heteroatoms. The number of halogens is 2. The zero-order valence-electron chi connectivity index (χ0n) is 8.00. The van der Waals surface area contributed by atoms with Crippen LogP contribution in [0.2, 0.25) is 0 Å². The van der Waals surface area contributed by atoms with Gasteiger partial charge in [-0.1, -0.05) is 6.07 Å². The fourth-order valence-corrected chi connectivity index (χ4v) is 1.61. The summed E-state index contributed by atoms with van der Waals surface area (Å²) in [6, 6.07) is 3.58. The molecule has 1 atom stereocenters. The number of carbonyl (C=O) groups excluding carboxylic acids is 1. The van der Waals surface area contributed by atoms with Gasteiger partial charge in [0, 0.05) is 12.8 Å². The van der Waals surface area contributed by atoms with E-state index in [0.29, 0.717) is 18.6 Å². The Hall–Kier alpha value is -1.29. The van der Waals surface area contributed by atoms with Crippen LogP contribution in [0.1, 0.15) is 24.5 Å². The lowest BCUT2D eigenvalue weighted by Gasteiger charge is -2.22. The Morgan fingerprint density at radius 1 is 1.27 bits per heavy atom. The Morgan fingerprint density at radius 2 is 2.07 bits per heavy atom. The summed E-state index contributed by atoms with van der Waals surface area (Å²) in [7, 11) is 0. The van der Waals surface area contributed by atoms with Crippen LogP contribution in [0.5, 0.6) is 0 Å². The number of rotatable bonds is 1. The van der Waals surface area contributed by atoms with E-state index in [1.807, 2.05) is 0 Å². The SMILES string of the molecule is O=C1CCOC(c2ccc(F)c(F)c2)C1. The number of hydrogen-bond donors (Lipinski definition) is 0. The molecule has 1 aliphatic heterocycles. The minimum absolute atomic E-state index is 0.0935. The van der Waals surface area contributed by atoms with Gasteiger partial charge in [-0.25, -0.2) is 8.78 Å². The van der Waals surface area contributed by atoms with E-state index >= 15 is 0 Å². The summed E-state index contributed by atoms with van der Waals surface area (Å²) in [4.78, 5) is 11.2. The summed E-state index contributed by atoms with van der Waals surface area (Å²) in [6.45, 7) is 0.350. The van der Waals surface area contributed by atoms with Gasteiger partial charge in [-0.2, -0.15) is 0 Å². The molecule has 80 valence electrons. The van der Waals surface area contributed by atoms with Crippen molar-refractivity contribution >= 4 is 5.78 Å². The van der Waals surface area contributed by atoms with E-state index in [-0.39, 0.29) is 12.2 Å². The lowest BCUT2D eigenvalue weighted by atomic mass is 10.0. The number of ether oxygens (including phenoxy) is 1. The van der Waals surface area contributed by atoms with Crippen LogP contribution in [-0.2, 0) is 9.53 Å². The van der Waals surface area contributed by atoms with Crippen molar-refractivity contribution in [2.24, 2.45) is 0 Å². The van der Waals surface area contributed by atoms with Gasteiger partial charge >= 0.3 is 0 Å². The zero-order chi connectivity index (χ0) is 10.8. The van der Waals surface area contributed by atoms with E-state index in [0.717, 1.165) is 12.1 Å². The molecule has 0 amide bonds. The van der Waals surface area contributed by atoms with Crippen molar-refractivity contribution in [2.75, 3.05) is 6.61 Å². The summed E-state index contributed by atoms with van der Waals surface area (Å²) in [6.07, 6.45) is 0.215. The molecule has 1 heterocycles. The molecule has 0 aromatic heterocycles. The molecule has 0 radical (unpaired) electrons. The van der Waals surface area contributed by atoms with Crippen molar-refractivity contribution in [2.45, 2.75) is 18.9 Å².